The summed E-state index contributed by atoms with van der Waals surface area (Å²) in [5.74, 6) is 1.07. The van der Waals surface area contributed by atoms with E-state index in [9.17, 15) is 4.79 Å². The molecule has 1 amide bonds. The van der Waals surface area contributed by atoms with Crippen LogP contribution in [0.4, 0.5) is 11.6 Å². The number of hydrogen-bond acceptors (Lipinski definition) is 5. The van der Waals surface area contributed by atoms with Gasteiger partial charge in [0.15, 0.2) is 11.6 Å². The molecule has 3 rings (SSSR count). The zero-order chi connectivity index (χ0) is 15.4. The third-order valence-corrected chi connectivity index (χ3v) is 3.65. The van der Waals surface area contributed by atoms with Crippen molar-refractivity contribution in [1.82, 2.24) is 9.97 Å². The van der Waals surface area contributed by atoms with Crippen LogP contribution in [0.1, 0.15) is 19.8 Å². The number of carbonyl (C=O) groups is 1. The first-order valence-corrected chi connectivity index (χ1v) is 7.67. The SMILES string of the molecule is CCOCC(=O)Nc1nc2ccccc2nc1N1CCCC1. The van der Waals surface area contributed by atoms with E-state index >= 15 is 0 Å². The van der Waals surface area contributed by atoms with Crippen LogP contribution in [0.25, 0.3) is 11.0 Å². The van der Waals surface area contributed by atoms with Crippen LogP contribution >= 0.6 is 0 Å². The molecule has 1 N–H and O–H groups in total. The predicted octanol–water partition coefficient (Wildman–Crippen LogP) is 2.21. The van der Waals surface area contributed by atoms with Crippen molar-refractivity contribution < 1.29 is 9.53 Å². The van der Waals surface area contributed by atoms with Crippen LogP contribution < -0.4 is 10.2 Å². The molecule has 1 fully saturated rings. The van der Waals surface area contributed by atoms with Gasteiger partial charge in [0.25, 0.3) is 5.91 Å². The number of hydrogen-bond donors (Lipinski definition) is 1. The van der Waals surface area contributed by atoms with Gasteiger partial charge < -0.3 is 15.0 Å². The number of fused-ring (bicyclic) bond motifs is 1. The smallest absolute Gasteiger partial charge is 0.251 e. The minimum absolute atomic E-state index is 0.0322. The third kappa shape index (κ3) is 3.17. The number of carbonyl (C=O) groups excluding carboxylic acids is 1. The summed E-state index contributed by atoms with van der Waals surface area (Å²) in [6.07, 6.45) is 2.28. The van der Waals surface area contributed by atoms with Crippen LogP contribution in [0.3, 0.4) is 0 Å². The van der Waals surface area contributed by atoms with E-state index < -0.39 is 0 Å². The second-order valence-corrected chi connectivity index (χ2v) is 5.26. The number of aromatic nitrogens is 2. The summed E-state index contributed by atoms with van der Waals surface area (Å²) >= 11 is 0. The zero-order valence-corrected chi connectivity index (χ0v) is 12.7. The molecule has 0 spiro atoms. The maximum absolute atomic E-state index is 12.0. The molecule has 0 bridgehead atoms. The first kappa shape index (κ1) is 14.7. The highest BCUT2D eigenvalue weighted by atomic mass is 16.5. The molecule has 0 radical (unpaired) electrons. The van der Waals surface area contributed by atoms with Gasteiger partial charge in [-0.05, 0) is 31.9 Å². The fraction of sp³-hybridized carbons (Fsp3) is 0.438. The lowest BCUT2D eigenvalue weighted by atomic mass is 10.3. The Morgan fingerprint density at radius 1 is 1.23 bits per heavy atom. The van der Waals surface area contributed by atoms with Crippen LogP contribution in [0, 0.1) is 0 Å². The van der Waals surface area contributed by atoms with Crippen molar-refractivity contribution in [2.45, 2.75) is 19.8 Å². The summed E-state index contributed by atoms with van der Waals surface area (Å²) in [7, 11) is 0. The number of para-hydroxylation sites is 2. The molecule has 116 valence electrons. The molecule has 2 heterocycles. The molecule has 0 unspecified atom stereocenters. The summed E-state index contributed by atoms with van der Waals surface area (Å²) < 4.78 is 5.15. The number of nitrogens with one attached hydrogen (secondary N) is 1. The second kappa shape index (κ2) is 6.70. The average molecular weight is 300 g/mol. The number of nitrogens with zero attached hydrogens (tertiary/aromatic N) is 3. The van der Waals surface area contributed by atoms with Crippen LogP contribution in [-0.2, 0) is 9.53 Å². The van der Waals surface area contributed by atoms with Gasteiger partial charge in [0.2, 0.25) is 0 Å². The fourth-order valence-corrected chi connectivity index (χ4v) is 2.59. The average Bonchev–Trinajstić information content (AvgIpc) is 3.06. The predicted molar refractivity (Wildman–Crippen MR) is 86.1 cm³/mol. The molecule has 0 aliphatic carbocycles. The molecular weight excluding hydrogens is 280 g/mol. The van der Waals surface area contributed by atoms with Crippen LogP contribution in [-0.4, -0.2) is 42.2 Å². The summed E-state index contributed by atoms with van der Waals surface area (Å²) in [6.45, 7) is 4.29. The third-order valence-electron chi connectivity index (χ3n) is 3.65. The van der Waals surface area contributed by atoms with Crippen LogP contribution in [0.15, 0.2) is 24.3 Å². The Bertz CT molecular complexity index is 668. The molecule has 1 saturated heterocycles. The van der Waals surface area contributed by atoms with E-state index in [1.807, 2.05) is 31.2 Å². The largest absolute Gasteiger partial charge is 0.372 e. The van der Waals surface area contributed by atoms with Gasteiger partial charge in [-0.25, -0.2) is 9.97 Å². The van der Waals surface area contributed by atoms with Crippen LogP contribution in [0.2, 0.25) is 0 Å². The Labute approximate surface area is 129 Å². The first-order valence-electron chi connectivity index (χ1n) is 7.67. The molecule has 1 aliphatic heterocycles. The summed E-state index contributed by atoms with van der Waals surface area (Å²) in [5, 5.41) is 2.84. The molecule has 0 atom stereocenters. The Morgan fingerprint density at radius 3 is 2.59 bits per heavy atom. The zero-order valence-electron chi connectivity index (χ0n) is 12.7. The van der Waals surface area contributed by atoms with Crippen molar-refractivity contribution in [3.05, 3.63) is 24.3 Å². The quantitative estimate of drug-likeness (QED) is 0.917. The summed E-state index contributed by atoms with van der Waals surface area (Å²) in [6, 6.07) is 7.69. The van der Waals surface area contributed by atoms with Gasteiger partial charge in [-0.15, -0.1) is 0 Å². The van der Waals surface area contributed by atoms with Crippen molar-refractivity contribution in [1.29, 1.82) is 0 Å². The topological polar surface area (TPSA) is 67.3 Å². The Kier molecular flexibility index (Phi) is 4.48. The van der Waals surface area contributed by atoms with Gasteiger partial charge in [0, 0.05) is 19.7 Å². The first-order chi connectivity index (χ1) is 10.8. The lowest BCUT2D eigenvalue weighted by Gasteiger charge is -2.20. The van der Waals surface area contributed by atoms with Gasteiger partial charge in [-0.2, -0.15) is 0 Å². The highest BCUT2D eigenvalue weighted by Crippen LogP contribution is 2.27. The molecule has 6 nitrogen and oxygen atoms in total. The van der Waals surface area contributed by atoms with E-state index in [1.54, 1.807) is 0 Å². The van der Waals surface area contributed by atoms with E-state index in [2.05, 4.69) is 15.2 Å². The van der Waals surface area contributed by atoms with Gasteiger partial charge in [-0.3, -0.25) is 4.79 Å². The van der Waals surface area contributed by atoms with Gasteiger partial charge in [0.05, 0.1) is 11.0 Å². The van der Waals surface area contributed by atoms with Crippen LogP contribution in [0.5, 0.6) is 0 Å². The minimum Gasteiger partial charge on any atom is -0.372 e. The Morgan fingerprint density at radius 2 is 1.91 bits per heavy atom. The lowest BCUT2D eigenvalue weighted by molar-refractivity contribution is -0.120. The summed E-state index contributed by atoms with van der Waals surface area (Å²) in [5.41, 5.74) is 1.62. The highest BCUT2D eigenvalue weighted by molar-refractivity contribution is 5.95. The number of amides is 1. The number of benzene rings is 1. The molecule has 1 aromatic carbocycles. The number of rotatable bonds is 5. The van der Waals surface area contributed by atoms with E-state index in [-0.39, 0.29) is 12.5 Å². The van der Waals surface area contributed by atoms with Gasteiger partial charge in [0.1, 0.15) is 6.61 Å². The van der Waals surface area contributed by atoms with Gasteiger partial charge >= 0.3 is 0 Å². The van der Waals surface area contributed by atoms with E-state index in [4.69, 9.17) is 9.72 Å². The molecule has 0 saturated carbocycles. The standard InChI is InChI=1S/C16H20N4O2/c1-2-22-11-14(21)19-15-16(20-9-5-6-10-20)18-13-8-4-3-7-12(13)17-15/h3-4,7-8H,2,5-6,9-11H2,1H3,(H,17,19,21). The number of anilines is 2. The van der Waals surface area contributed by atoms with Crippen molar-refractivity contribution in [3.63, 3.8) is 0 Å². The molecule has 2 aromatic rings. The molecule has 1 aliphatic rings. The minimum atomic E-state index is -0.202. The van der Waals surface area contributed by atoms with Crippen molar-refractivity contribution in [2.75, 3.05) is 36.5 Å². The fourth-order valence-electron chi connectivity index (χ4n) is 2.59. The Hall–Kier alpha value is -2.21. The second-order valence-electron chi connectivity index (χ2n) is 5.26. The maximum atomic E-state index is 12.0. The lowest BCUT2D eigenvalue weighted by Crippen LogP contribution is -2.25. The molecular formula is C16H20N4O2. The monoisotopic (exact) mass is 300 g/mol. The Balaban J connectivity index is 1.94. The van der Waals surface area contributed by atoms with E-state index in [0.29, 0.717) is 12.4 Å². The van der Waals surface area contributed by atoms with Crippen molar-refractivity contribution in [2.24, 2.45) is 0 Å². The molecule has 1 aromatic heterocycles. The van der Waals surface area contributed by atoms with Gasteiger partial charge in [-0.1, -0.05) is 12.1 Å². The summed E-state index contributed by atoms with van der Waals surface area (Å²) in [4.78, 5) is 23.4. The highest BCUT2D eigenvalue weighted by Gasteiger charge is 2.20. The number of ether oxygens (including phenoxy) is 1. The molecule has 6 heteroatoms. The van der Waals surface area contributed by atoms with Crippen molar-refractivity contribution >= 4 is 28.6 Å². The maximum Gasteiger partial charge on any atom is 0.251 e. The van der Waals surface area contributed by atoms with Crippen molar-refractivity contribution in [3.8, 4) is 0 Å². The normalized spacial score (nSPS) is 14.5. The van der Waals surface area contributed by atoms with E-state index in [0.717, 1.165) is 42.8 Å². The van der Waals surface area contributed by atoms with E-state index in [1.165, 1.54) is 0 Å². The molecule has 22 heavy (non-hydrogen) atoms.